The second kappa shape index (κ2) is 5.75. The van der Waals surface area contributed by atoms with Crippen LogP contribution >= 0.6 is 0 Å². The third kappa shape index (κ3) is 2.97. The van der Waals surface area contributed by atoms with Crippen LogP contribution in [0.3, 0.4) is 0 Å². The molecule has 20 heavy (non-hydrogen) atoms. The summed E-state index contributed by atoms with van der Waals surface area (Å²) in [7, 11) is 2.01. The molecule has 0 fully saturated rings. The zero-order valence-corrected chi connectivity index (χ0v) is 11.3. The summed E-state index contributed by atoms with van der Waals surface area (Å²) in [5.74, 6) is 2.44. The molecule has 0 bridgehead atoms. The van der Waals surface area contributed by atoms with E-state index in [4.69, 9.17) is 8.83 Å². The van der Waals surface area contributed by atoms with E-state index in [9.17, 15) is 0 Å². The molecule has 0 saturated carbocycles. The molecular formula is C16H16N2O2. The molecule has 4 heteroatoms. The lowest BCUT2D eigenvalue weighted by atomic mass is 10.2. The molecule has 3 rings (SSSR count). The molecule has 1 aromatic carbocycles. The van der Waals surface area contributed by atoms with Gasteiger partial charge in [-0.1, -0.05) is 30.3 Å². The average Bonchev–Trinajstić information content (AvgIpc) is 3.11. The summed E-state index contributed by atoms with van der Waals surface area (Å²) >= 11 is 0. The average molecular weight is 268 g/mol. The Hall–Kier alpha value is -2.33. The summed E-state index contributed by atoms with van der Waals surface area (Å²) in [6, 6.07) is 13.8. The van der Waals surface area contributed by atoms with Crippen LogP contribution in [0.4, 0.5) is 0 Å². The van der Waals surface area contributed by atoms with E-state index in [1.54, 1.807) is 12.5 Å². The van der Waals surface area contributed by atoms with Gasteiger partial charge in [-0.3, -0.25) is 4.90 Å². The van der Waals surface area contributed by atoms with Crippen molar-refractivity contribution in [2.75, 3.05) is 7.05 Å². The Morgan fingerprint density at radius 3 is 2.65 bits per heavy atom. The first kappa shape index (κ1) is 12.7. The first-order chi connectivity index (χ1) is 9.81. The lowest BCUT2D eigenvalue weighted by Gasteiger charge is -2.12. The Labute approximate surface area is 117 Å². The van der Waals surface area contributed by atoms with Crippen LogP contribution in [0, 0.1) is 0 Å². The summed E-state index contributed by atoms with van der Waals surface area (Å²) in [5.41, 5.74) is 1.04. The SMILES string of the molecule is CN(Cc1ccco1)Cc1ncc(-c2ccccc2)o1. The fourth-order valence-electron chi connectivity index (χ4n) is 2.07. The van der Waals surface area contributed by atoms with Crippen LogP contribution in [0.25, 0.3) is 11.3 Å². The minimum Gasteiger partial charge on any atom is -0.468 e. The monoisotopic (exact) mass is 268 g/mol. The molecule has 0 saturated heterocycles. The van der Waals surface area contributed by atoms with Gasteiger partial charge in [0.05, 0.1) is 25.5 Å². The van der Waals surface area contributed by atoms with Crippen LogP contribution in [0.15, 0.2) is 63.8 Å². The number of hydrogen-bond acceptors (Lipinski definition) is 4. The predicted molar refractivity (Wildman–Crippen MR) is 75.8 cm³/mol. The minimum absolute atomic E-state index is 0.646. The van der Waals surface area contributed by atoms with Crippen LogP contribution in [-0.2, 0) is 13.1 Å². The number of benzene rings is 1. The molecular weight excluding hydrogens is 252 g/mol. The largest absolute Gasteiger partial charge is 0.468 e. The maximum atomic E-state index is 5.78. The molecule has 2 aromatic heterocycles. The van der Waals surface area contributed by atoms with Crippen molar-refractivity contribution in [1.82, 2.24) is 9.88 Å². The minimum atomic E-state index is 0.646. The van der Waals surface area contributed by atoms with Crippen LogP contribution in [0.5, 0.6) is 0 Å². The quantitative estimate of drug-likeness (QED) is 0.709. The predicted octanol–water partition coefficient (Wildman–Crippen LogP) is 3.57. The highest BCUT2D eigenvalue weighted by Crippen LogP contribution is 2.20. The molecule has 0 spiro atoms. The first-order valence-electron chi connectivity index (χ1n) is 6.52. The number of furan rings is 1. The van der Waals surface area contributed by atoms with E-state index in [1.807, 2.05) is 49.5 Å². The molecule has 4 nitrogen and oxygen atoms in total. The number of rotatable bonds is 5. The van der Waals surface area contributed by atoms with Gasteiger partial charge < -0.3 is 8.83 Å². The number of aromatic nitrogens is 1. The molecule has 3 aromatic rings. The van der Waals surface area contributed by atoms with Crippen molar-refractivity contribution in [3.63, 3.8) is 0 Å². The van der Waals surface area contributed by atoms with E-state index in [1.165, 1.54) is 0 Å². The Morgan fingerprint density at radius 1 is 1.05 bits per heavy atom. The summed E-state index contributed by atoms with van der Waals surface area (Å²) in [5, 5.41) is 0. The van der Waals surface area contributed by atoms with E-state index < -0.39 is 0 Å². The van der Waals surface area contributed by atoms with Gasteiger partial charge >= 0.3 is 0 Å². The van der Waals surface area contributed by atoms with Gasteiger partial charge in [0.15, 0.2) is 5.76 Å². The van der Waals surface area contributed by atoms with Crippen LogP contribution < -0.4 is 0 Å². The van der Waals surface area contributed by atoms with Gasteiger partial charge in [0.25, 0.3) is 0 Å². The fourth-order valence-corrected chi connectivity index (χ4v) is 2.07. The maximum Gasteiger partial charge on any atom is 0.209 e. The van der Waals surface area contributed by atoms with Gasteiger partial charge in [-0.2, -0.15) is 0 Å². The summed E-state index contributed by atoms with van der Waals surface area (Å²) in [6.45, 7) is 1.38. The normalized spacial score (nSPS) is 11.1. The van der Waals surface area contributed by atoms with Crippen molar-refractivity contribution >= 4 is 0 Å². The summed E-state index contributed by atoms with van der Waals surface area (Å²) in [6.07, 6.45) is 3.45. The molecule has 0 aliphatic heterocycles. The van der Waals surface area contributed by atoms with Crippen molar-refractivity contribution in [1.29, 1.82) is 0 Å². The Balaban J connectivity index is 1.65. The van der Waals surface area contributed by atoms with Crippen LogP contribution in [0.2, 0.25) is 0 Å². The second-order valence-electron chi connectivity index (χ2n) is 4.74. The van der Waals surface area contributed by atoms with Gasteiger partial charge in [0.1, 0.15) is 5.76 Å². The van der Waals surface area contributed by atoms with Crippen molar-refractivity contribution in [2.45, 2.75) is 13.1 Å². The van der Waals surface area contributed by atoms with Gasteiger partial charge in [-0.05, 0) is 19.2 Å². The molecule has 2 heterocycles. The van der Waals surface area contributed by atoms with Crippen molar-refractivity contribution in [3.8, 4) is 11.3 Å². The molecule has 0 radical (unpaired) electrons. The van der Waals surface area contributed by atoms with E-state index in [-0.39, 0.29) is 0 Å². The van der Waals surface area contributed by atoms with E-state index in [2.05, 4.69) is 9.88 Å². The zero-order valence-electron chi connectivity index (χ0n) is 11.3. The molecule has 0 unspecified atom stereocenters. The molecule has 0 N–H and O–H groups in total. The second-order valence-corrected chi connectivity index (χ2v) is 4.74. The highest BCUT2D eigenvalue weighted by molar-refractivity contribution is 5.55. The van der Waals surface area contributed by atoms with Crippen LogP contribution in [0.1, 0.15) is 11.7 Å². The molecule has 102 valence electrons. The molecule has 0 aliphatic rings. The van der Waals surface area contributed by atoms with Gasteiger partial charge in [0, 0.05) is 5.56 Å². The first-order valence-corrected chi connectivity index (χ1v) is 6.52. The van der Waals surface area contributed by atoms with E-state index >= 15 is 0 Å². The Morgan fingerprint density at radius 2 is 1.90 bits per heavy atom. The van der Waals surface area contributed by atoms with Gasteiger partial charge in [0.2, 0.25) is 5.89 Å². The van der Waals surface area contributed by atoms with E-state index in [0.717, 1.165) is 23.6 Å². The summed E-state index contributed by atoms with van der Waals surface area (Å²) in [4.78, 5) is 6.42. The third-order valence-corrected chi connectivity index (χ3v) is 3.02. The zero-order chi connectivity index (χ0) is 13.8. The number of nitrogens with zero attached hydrogens (tertiary/aromatic N) is 2. The maximum absolute atomic E-state index is 5.78. The number of oxazole rings is 1. The van der Waals surface area contributed by atoms with Crippen molar-refractivity contribution in [3.05, 3.63) is 66.6 Å². The highest BCUT2D eigenvalue weighted by atomic mass is 16.4. The number of hydrogen-bond donors (Lipinski definition) is 0. The summed E-state index contributed by atoms with van der Waals surface area (Å²) < 4.78 is 11.1. The van der Waals surface area contributed by atoms with Gasteiger partial charge in [-0.25, -0.2) is 4.98 Å². The smallest absolute Gasteiger partial charge is 0.209 e. The van der Waals surface area contributed by atoms with Gasteiger partial charge in [-0.15, -0.1) is 0 Å². The van der Waals surface area contributed by atoms with Crippen molar-refractivity contribution in [2.24, 2.45) is 0 Å². The van der Waals surface area contributed by atoms with E-state index in [0.29, 0.717) is 12.4 Å². The Kier molecular flexibility index (Phi) is 3.65. The standard InChI is InChI=1S/C16H16N2O2/c1-18(11-14-8-5-9-19-14)12-16-17-10-15(20-16)13-6-3-2-4-7-13/h2-10H,11-12H2,1H3. The Bertz CT molecular complexity index is 644. The molecule has 0 atom stereocenters. The molecule has 0 aliphatic carbocycles. The third-order valence-electron chi connectivity index (χ3n) is 3.02. The highest BCUT2D eigenvalue weighted by Gasteiger charge is 2.09. The fraction of sp³-hybridized carbons (Fsp3) is 0.188. The topological polar surface area (TPSA) is 42.4 Å². The lowest BCUT2D eigenvalue weighted by Crippen LogP contribution is -2.16. The lowest BCUT2D eigenvalue weighted by molar-refractivity contribution is 0.260. The van der Waals surface area contributed by atoms with Crippen LogP contribution in [-0.4, -0.2) is 16.9 Å². The molecule has 0 amide bonds. The van der Waals surface area contributed by atoms with Crippen molar-refractivity contribution < 1.29 is 8.83 Å².